The van der Waals surface area contributed by atoms with Crippen molar-refractivity contribution < 1.29 is 26.3 Å². The smallest absolute Gasteiger partial charge is 0.388 e. The van der Waals surface area contributed by atoms with Crippen molar-refractivity contribution in [2.75, 3.05) is 0 Å². The number of ether oxygens (including phenoxy) is 1. The van der Waals surface area contributed by atoms with E-state index in [2.05, 4.69) is 9.72 Å². The molecule has 96 valence electrons. The summed E-state index contributed by atoms with van der Waals surface area (Å²) in [5.74, 6) is -0.998. The molecule has 1 aromatic rings. The first kappa shape index (κ1) is 15.1. The maximum atomic E-state index is 11.9. The van der Waals surface area contributed by atoms with E-state index in [9.17, 15) is 21.6 Å². The highest BCUT2D eigenvalue weighted by molar-refractivity contribution is 14.1. The van der Waals surface area contributed by atoms with E-state index in [-0.39, 0.29) is 8.59 Å². The summed E-state index contributed by atoms with van der Waals surface area (Å²) in [6.07, 6.45) is -5.00. The molecule has 1 rings (SSSR count). The lowest BCUT2D eigenvalue weighted by atomic mass is 10.5. The summed E-state index contributed by atoms with van der Waals surface area (Å²) >= 11 is 7.03. The topological polar surface area (TPSA) is 56.3 Å². The number of rotatable bonds is 2. The maximum absolute atomic E-state index is 11.9. The lowest BCUT2D eigenvalue weighted by Gasteiger charge is -2.10. The molecule has 17 heavy (non-hydrogen) atoms. The molecular formula is C6HCl2F3INO3S. The van der Waals surface area contributed by atoms with Crippen LogP contribution in [0.5, 0.6) is 5.88 Å². The fourth-order valence-electron chi connectivity index (χ4n) is 0.788. The van der Waals surface area contributed by atoms with Crippen molar-refractivity contribution in [3.8, 4) is 5.88 Å². The van der Waals surface area contributed by atoms with Gasteiger partial charge >= 0.3 is 6.36 Å². The molecule has 11 heteroatoms. The van der Waals surface area contributed by atoms with Crippen molar-refractivity contribution in [1.29, 1.82) is 0 Å². The molecule has 0 aliphatic rings. The summed E-state index contributed by atoms with van der Waals surface area (Å²) < 4.78 is 61.2. The van der Waals surface area contributed by atoms with Crippen LogP contribution in [0.3, 0.4) is 0 Å². The van der Waals surface area contributed by atoms with Crippen LogP contribution in [0.2, 0.25) is 5.02 Å². The second-order valence-electron chi connectivity index (χ2n) is 2.55. The van der Waals surface area contributed by atoms with Gasteiger partial charge in [0.05, 0.1) is 8.59 Å². The molecule has 0 amide bonds. The highest BCUT2D eigenvalue weighted by Crippen LogP contribution is 2.31. The van der Waals surface area contributed by atoms with Crippen LogP contribution in [0, 0.1) is 3.57 Å². The lowest BCUT2D eigenvalue weighted by Crippen LogP contribution is -2.18. The number of hydrogen-bond donors (Lipinski definition) is 0. The Morgan fingerprint density at radius 3 is 2.35 bits per heavy atom. The van der Waals surface area contributed by atoms with Crippen LogP contribution >= 0.6 is 44.9 Å². The number of hydrogen-bond acceptors (Lipinski definition) is 4. The molecule has 0 spiro atoms. The van der Waals surface area contributed by atoms with Crippen molar-refractivity contribution in [2.24, 2.45) is 0 Å². The molecule has 0 aromatic carbocycles. The summed E-state index contributed by atoms with van der Waals surface area (Å²) in [6.45, 7) is 0. The van der Waals surface area contributed by atoms with Gasteiger partial charge < -0.3 is 4.74 Å². The third-order valence-electron chi connectivity index (χ3n) is 1.31. The first-order valence-corrected chi connectivity index (χ1v) is 7.34. The summed E-state index contributed by atoms with van der Waals surface area (Å²) in [4.78, 5) is 3.14. The molecule has 1 heterocycles. The van der Waals surface area contributed by atoms with E-state index in [1.807, 2.05) is 0 Å². The van der Waals surface area contributed by atoms with E-state index in [1.165, 1.54) is 22.6 Å². The van der Waals surface area contributed by atoms with Crippen LogP contribution in [0.1, 0.15) is 0 Å². The van der Waals surface area contributed by atoms with Crippen molar-refractivity contribution in [3.05, 3.63) is 14.7 Å². The number of aromatic nitrogens is 1. The Morgan fingerprint density at radius 1 is 1.41 bits per heavy atom. The average molecular weight is 422 g/mol. The van der Waals surface area contributed by atoms with Gasteiger partial charge in [-0.25, -0.2) is 8.42 Å². The van der Waals surface area contributed by atoms with Gasteiger partial charge in [0.15, 0.2) is 5.03 Å². The van der Waals surface area contributed by atoms with Gasteiger partial charge in [-0.05, 0) is 22.6 Å². The first-order chi connectivity index (χ1) is 7.50. The van der Waals surface area contributed by atoms with Gasteiger partial charge in [-0.15, -0.1) is 13.2 Å². The molecule has 1 aromatic heterocycles. The fraction of sp³-hybridized carbons (Fsp3) is 0.167. The van der Waals surface area contributed by atoms with E-state index in [0.29, 0.717) is 0 Å². The zero-order valence-corrected chi connectivity index (χ0v) is 11.9. The van der Waals surface area contributed by atoms with Gasteiger partial charge in [-0.1, -0.05) is 11.6 Å². The molecule has 0 bridgehead atoms. The van der Waals surface area contributed by atoms with Gasteiger partial charge in [-0.2, -0.15) is 4.98 Å². The fourth-order valence-corrected chi connectivity index (χ4v) is 3.42. The highest BCUT2D eigenvalue weighted by Gasteiger charge is 2.33. The molecule has 4 nitrogen and oxygen atoms in total. The Balaban J connectivity index is 3.35. The van der Waals surface area contributed by atoms with Gasteiger partial charge in [-0.3, -0.25) is 0 Å². The van der Waals surface area contributed by atoms with Crippen molar-refractivity contribution >= 4 is 53.9 Å². The van der Waals surface area contributed by atoms with E-state index >= 15 is 0 Å². The standard InChI is InChI=1S/C6HCl2F3INO3S/c7-2-1-3(16-6(9,10)11)13-5(4(2)12)17(8,14)15/h1H. The van der Waals surface area contributed by atoms with Crippen molar-refractivity contribution in [3.63, 3.8) is 0 Å². The Bertz CT molecular complexity index is 548. The van der Waals surface area contributed by atoms with Gasteiger partial charge in [0.2, 0.25) is 5.88 Å². The molecule has 0 N–H and O–H groups in total. The maximum Gasteiger partial charge on any atom is 0.574 e. The summed E-state index contributed by atoms with van der Waals surface area (Å²) in [5.41, 5.74) is 0. The van der Waals surface area contributed by atoms with E-state index in [4.69, 9.17) is 22.3 Å². The van der Waals surface area contributed by atoms with Crippen LogP contribution in [0.25, 0.3) is 0 Å². The number of halogens is 6. The highest BCUT2D eigenvalue weighted by atomic mass is 127. The zero-order valence-electron chi connectivity index (χ0n) is 7.43. The van der Waals surface area contributed by atoms with Gasteiger partial charge in [0.1, 0.15) is 0 Å². The number of nitrogens with zero attached hydrogens (tertiary/aromatic N) is 1. The summed E-state index contributed by atoms with van der Waals surface area (Å²) in [6, 6.07) is 0.738. The second-order valence-corrected chi connectivity index (χ2v) is 6.51. The van der Waals surface area contributed by atoms with Crippen LogP contribution in [0.15, 0.2) is 11.1 Å². The minimum absolute atomic E-state index is 0.0891. The molecular weight excluding hydrogens is 421 g/mol. The van der Waals surface area contributed by atoms with Crippen LogP contribution < -0.4 is 4.74 Å². The molecule has 0 unspecified atom stereocenters. The third kappa shape index (κ3) is 4.30. The van der Waals surface area contributed by atoms with E-state index < -0.39 is 26.3 Å². The number of alkyl halides is 3. The summed E-state index contributed by atoms with van der Waals surface area (Å²) in [5, 5.41) is -1.05. The molecule has 0 aliphatic carbocycles. The molecule has 0 radical (unpaired) electrons. The zero-order chi connectivity index (χ0) is 13.4. The second kappa shape index (κ2) is 4.94. The molecule has 0 aliphatic heterocycles. The van der Waals surface area contributed by atoms with E-state index in [1.54, 1.807) is 0 Å². The van der Waals surface area contributed by atoms with Crippen LogP contribution in [0.4, 0.5) is 13.2 Å². The van der Waals surface area contributed by atoms with Gasteiger partial charge in [0.25, 0.3) is 9.05 Å². The van der Waals surface area contributed by atoms with E-state index in [0.717, 1.165) is 6.07 Å². The largest absolute Gasteiger partial charge is 0.574 e. The van der Waals surface area contributed by atoms with Crippen LogP contribution in [-0.2, 0) is 9.05 Å². The minimum atomic E-state index is -5.00. The lowest BCUT2D eigenvalue weighted by molar-refractivity contribution is -0.276. The molecule has 0 saturated heterocycles. The Labute approximate surface area is 117 Å². The van der Waals surface area contributed by atoms with Crippen molar-refractivity contribution in [1.82, 2.24) is 4.98 Å². The average Bonchev–Trinajstić information content (AvgIpc) is 2.06. The quantitative estimate of drug-likeness (QED) is 0.543. The van der Waals surface area contributed by atoms with Crippen LogP contribution in [-0.4, -0.2) is 19.8 Å². The number of pyridine rings is 1. The molecule has 0 saturated carbocycles. The molecule has 0 fully saturated rings. The monoisotopic (exact) mass is 421 g/mol. The third-order valence-corrected chi connectivity index (χ3v) is 4.58. The Hall–Kier alpha value is -0.000000000000000111. The molecule has 0 atom stereocenters. The normalized spacial score (nSPS) is 12.6. The predicted octanol–water partition coefficient (Wildman–Crippen LogP) is 3.17. The Morgan fingerprint density at radius 2 is 1.94 bits per heavy atom. The van der Waals surface area contributed by atoms with Gasteiger partial charge in [0, 0.05) is 16.7 Å². The minimum Gasteiger partial charge on any atom is -0.388 e. The predicted molar refractivity (Wildman–Crippen MR) is 61.7 cm³/mol. The Kier molecular flexibility index (Phi) is 4.37. The SMILES string of the molecule is O=S(=O)(Cl)c1nc(OC(F)(F)F)cc(Cl)c1I. The summed E-state index contributed by atoms with van der Waals surface area (Å²) in [7, 11) is 0.676. The van der Waals surface area contributed by atoms with Crippen molar-refractivity contribution in [2.45, 2.75) is 11.4 Å². The first-order valence-electron chi connectivity index (χ1n) is 3.57.